The van der Waals surface area contributed by atoms with Gasteiger partial charge in [0.1, 0.15) is 5.82 Å². The number of thioether (sulfide) groups is 1. The standard InChI is InChI=1S/C20H21FN4O4S/c1-25-19(12-9-15(27-2)18(29-4)16(10-12)28-3)23-24-20(25)30-11-17(26)22-14-7-5-13(21)6-8-14/h5-10H,11H2,1-4H3,(H,22,26). The molecule has 10 heteroatoms. The molecule has 0 aliphatic heterocycles. The second-order valence-corrected chi connectivity index (χ2v) is 7.07. The van der Waals surface area contributed by atoms with Crippen LogP contribution in [0.2, 0.25) is 0 Å². The number of amides is 1. The SMILES string of the molecule is COc1cc(-c2nnc(SCC(=O)Nc3ccc(F)cc3)n2C)cc(OC)c1OC. The van der Waals surface area contributed by atoms with E-state index in [0.29, 0.717) is 33.9 Å². The molecule has 30 heavy (non-hydrogen) atoms. The van der Waals surface area contributed by atoms with Crippen LogP contribution in [0.1, 0.15) is 0 Å². The number of hydrogen-bond acceptors (Lipinski definition) is 7. The second kappa shape index (κ2) is 9.49. The lowest BCUT2D eigenvalue weighted by Crippen LogP contribution is -2.14. The van der Waals surface area contributed by atoms with Crippen molar-refractivity contribution in [2.24, 2.45) is 7.05 Å². The first-order valence-electron chi connectivity index (χ1n) is 8.84. The van der Waals surface area contributed by atoms with Gasteiger partial charge in [0.2, 0.25) is 11.7 Å². The Balaban J connectivity index is 1.74. The highest BCUT2D eigenvalue weighted by Crippen LogP contribution is 2.41. The molecule has 3 aromatic rings. The molecule has 1 aromatic heterocycles. The average molecular weight is 432 g/mol. The van der Waals surface area contributed by atoms with Gasteiger partial charge in [0.25, 0.3) is 0 Å². The summed E-state index contributed by atoms with van der Waals surface area (Å²) >= 11 is 1.24. The molecule has 8 nitrogen and oxygen atoms in total. The Kier molecular flexibility index (Phi) is 6.78. The van der Waals surface area contributed by atoms with E-state index in [0.717, 1.165) is 5.56 Å². The van der Waals surface area contributed by atoms with Crippen LogP contribution in [0.4, 0.5) is 10.1 Å². The topological polar surface area (TPSA) is 87.5 Å². The minimum Gasteiger partial charge on any atom is -0.493 e. The molecule has 3 rings (SSSR count). The molecule has 0 radical (unpaired) electrons. The number of ether oxygens (including phenoxy) is 3. The Morgan fingerprint density at radius 2 is 1.70 bits per heavy atom. The molecule has 0 bridgehead atoms. The number of anilines is 1. The maximum atomic E-state index is 13.0. The minimum atomic E-state index is -0.360. The van der Waals surface area contributed by atoms with Crippen molar-refractivity contribution in [2.75, 3.05) is 32.4 Å². The summed E-state index contributed by atoms with van der Waals surface area (Å²) in [5.41, 5.74) is 1.25. The van der Waals surface area contributed by atoms with Crippen LogP contribution < -0.4 is 19.5 Å². The summed E-state index contributed by atoms with van der Waals surface area (Å²) < 4.78 is 30.9. The molecule has 0 aliphatic carbocycles. The van der Waals surface area contributed by atoms with E-state index in [4.69, 9.17) is 14.2 Å². The Hall–Kier alpha value is -3.27. The highest BCUT2D eigenvalue weighted by Gasteiger charge is 2.18. The number of benzene rings is 2. The molecular formula is C20H21FN4O4S. The molecule has 2 aromatic carbocycles. The first kappa shape index (κ1) is 21.4. The van der Waals surface area contributed by atoms with Crippen LogP contribution in [0.15, 0.2) is 41.6 Å². The maximum absolute atomic E-state index is 13.0. The summed E-state index contributed by atoms with van der Waals surface area (Å²) in [5.74, 6) is 1.60. The molecule has 0 unspecified atom stereocenters. The van der Waals surface area contributed by atoms with Crippen molar-refractivity contribution in [3.05, 3.63) is 42.2 Å². The fourth-order valence-corrected chi connectivity index (χ4v) is 3.47. The summed E-state index contributed by atoms with van der Waals surface area (Å²) in [6, 6.07) is 9.14. The van der Waals surface area contributed by atoms with Crippen LogP contribution in [-0.2, 0) is 11.8 Å². The van der Waals surface area contributed by atoms with E-state index >= 15 is 0 Å². The first-order valence-corrected chi connectivity index (χ1v) is 9.83. The van der Waals surface area contributed by atoms with Crippen molar-refractivity contribution in [1.82, 2.24) is 14.8 Å². The van der Waals surface area contributed by atoms with Gasteiger partial charge in [-0.15, -0.1) is 10.2 Å². The highest BCUT2D eigenvalue weighted by atomic mass is 32.2. The van der Waals surface area contributed by atoms with Gasteiger partial charge in [0.15, 0.2) is 22.5 Å². The summed E-state index contributed by atoms with van der Waals surface area (Å²) in [6.07, 6.45) is 0. The molecule has 158 valence electrons. The average Bonchev–Trinajstić information content (AvgIpc) is 3.13. The van der Waals surface area contributed by atoms with Crippen molar-refractivity contribution in [2.45, 2.75) is 5.16 Å². The molecule has 0 aliphatic rings. The van der Waals surface area contributed by atoms with Gasteiger partial charge < -0.3 is 24.1 Å². The van der Waals surface area contributed by atoms with Crippen molar-refractivity contribution >= 4 is 23.4 Å². The van der Waals surface area contributed by atoms with Crippen LogP contribution in [0.5, 0.6) is 17.2 Å². The fourth-order valence-electron chi connectivity index (χ4n) is 2.76. The third-order valence-corrected chi connectivity index (χ3v) is 5.24. The van der Waals surface area contributed by atoms with Crippen molar-refractivity contribution in [1.29, 1.82) is 0 Å². The van der Waals surface area contributed by atoms with Gasteiger partial charge in [-0.2, -0.15) is 0 Å². The maximum Gasteiger partial charge on any atom is 0.234 e. The molecule has 0 atom stereocenters. The zero-order chi connectivity index (χ0) is 21.7. The second-order valence-electron chi connectivity index (χ2n) is 6.12. The van der Waals surface area contributed by atoms with Gasteiger partial charge in [-0.3, -0.25) is 4.79 Å². The van der Waals surface area contributed by atoms with Crippen molar-refractivity contribution in [3.63, 3.8) is 0 Å². The van der Waals surface area contributed by atoms with Crippen LogP contribution >= 0.6 is 11.8 Å². The van der Waals surface area contributed by atoms with Crippen LogP contribution in [0.25, 0.3) is 11.4 Å². The number of nitrogens with one attached hydrogen (secondary N) is 1. The Bertz CT molecular complexity index is 1010. The largest absolute Gasteiger partial charge is 0.493 e. The monoisotopic (exact) mass is 432 g/mol. The van der Waals surface area contributed by atoms with Crippen LogP contribution in [0, 0.1) is 5.82 Å². The lowest BCUT2D eigenvalue weighted by atomic mass is 10.1. The Morgan fingerprint density at radius 1 is 1.07 bits per heavy atom. The van der Waals surface area contributed by atoms with E-state index in [9.17, 15) is 9.18 Å². The minimum absolute atomic E-state index is 0.124. The zero-order valence-electron chi connectivity index (χ0n) is 16.9. The molecule has 0 spiro atoms. The lowest BCUT2D eigenvalue weighted by molar-refractivity contribution is -0.113. The number of rotatable bonds is 8. The van der Waals surface area contributed by atoms with Gasteiger partial charge in [0, 0.05) is 18.3 Å². The predicted molar refractivity (Wildman–Crippen MR) is 112 cm³/mol. The number of hydrogen-bond donors (Lipinski definition) is 1. The van der Waals surface area contributed by atoms with E-state index in [1.165, 1.54) is 43.1 Å². The fraction of sp³-hybridized carbons (Fsp3) is 0.250. The van der Waals surface area contributed by atoms with Gasteiger partial charge >= 0.3 is 0 Å². The van der Waals surface area contributed by atoms with E-state index in [1.54, 1.807) is 38.0 Å². The molecule has 0 fully saturated rings. The van der Waals surface area contributed by atoms with E-state index in [-0.39, 0.29) is 17.5 Å². The summed E-state index contributed by atoms with van der Waals surface area (Å²) in [7, 11) is 6.42. The van der Waals surface area contributed by atoms with Gasteiger partial charge in [-0.1, -0.05) is 11.8 Å². The van der Waals surface area contributed by atoms with Crippen LogP contribution in [-0.4, -0.2) is 47.8 Å². The molecule has 1 N–H and O–H groups in total. The summed E-state index contributed by atoms with van der Waals surface area (Å²) in [5, 5.41) is 11.7. The molecule has 0 saturated heterocycles. The van der Waals surface area contributed by atoms with Crippen LogP contribution in [0.3, 0.4) is 0 Å². The van der Waals surface area contributed by atoms with E-state index < -0.39 is 0 Å². The zero-order valence-corrected chi connectivity index (χ0v) is 17.7. The number of aromatic nitrogens is 3. The third-order valence-electron chi connectivity index (χ3n) is 4.22. The molecule has 1 heterocycles. The number of halogens is 1. The van der Waals surface area contributed by atoms with Gasteiger partial charge in [0.05, 0.1) is 27.1 Å². The molecule has 0 saturated carbocycles. The smallest absolute Gasteiger partial charge is 0.234 e. The first-order chi connectivity index (χ1) is 14.5. The predicted octanol–water partition coefficient (Wildman–Crippen LogP) is 3.38. The third kappa shape index (κ3) is 4.65. The van der Waals surface area contributed by atoms with Gasteiger partial charge in [-0.25, -0.2) is 4.39 Å². The van der Waals surface area contributed by atoms with Gasteiger partial charge in [-0.05, 0) is 36.4 Å². The normalized spacial score (nSPS) is 10.6. The van der Waals surface area contributed by atoms with Crippen molar-refractivity contribution in [3.8, 4) is 28.6 Å². The lowest BCUT2D eigenvalue weighted by Gasteiger charge is -2.14. The Labute approximate surface area is 177 Å². The van der Waals surface area contributed by atoms with E-state index in [1.807, 2.05) is 0 Å². The number of nitrogens with zero attached hydrogens (tertiary/aromatic N) is 3. The summed E-state index contributed by atoms with van der Waals surface area (Å²) in [4.78, 5) is 12.2. The Morgan fingerprint density at radius 3 is 2.27 bits per heavy atom. The van der Waals surface area contributed by atoms with E-state index in [2.05, 4.69) is 15.5 Å². The molecular weight excluding hydrogens is 411 g/mol. The highest BCUT2D eigenvalue weighted by molar-refractivity contribution is 7.99. The number of carbonyl (C=O) groups excluding carboxylic acids is 1. The van der Waals surface area contributed by atoms with Crippen molar-refractivity contribution < 1.29 is 23.4 Å². The quantitative estimate of drug-likeness (QED) is 0.546. The number of methoxy groups -OCH3 is 3. The molecule has 1 amide bonds. The summed E-state index contributed by atoms with van der Waals surface area (Å²) in [6.45, 7) is 0. The number of carbonyl (C=O) groups is 1.